The van der Waals surface area contributed by atoms with Crippen LogP contribution in [-0.2, 0) is 17.9 Å². The molecule has 0 bridgehead atoms. The van der Waals surface area contributed by atoms with E-state index in [4.69, 9.17) is 11.6 Å². The Labute approximate surface area is 179 Å². The van der Waals surface area contributed by atoms with Crippen LogP contribution in [0.15, 0.2) is 41.1 Å². The Balaban J connectivity index is 1.42. The highest BCUT2D eigenvalue weighted by molar-refractivity contribution is 9.10. The quantitative estimate of drug-likeness (QED) is 0.513. The number of aromatic nitrogens is 4. The molecule has 0 saturated heterocycles. The second kappa shape index (κ2) is 8.23. The van der Waals surface area contributed by atoms with E-state index in [9.17, 15) is 13.6 Å². The summed E-state index contributed by atoms with van der Waals surface area (Å²) in [5.74, 6) is -0.187. The SMILES string of the molecule is O=C(Cn1nc(C(F)F)c(Br)c1C1CC1)Nc1cnn(Cc2ccc(Cl)cc2)c1. The first kappa shape index (κ1) is 20.0. The van der Waals surface area contributed by atoms with Gasteiger partial charge < -0.3 is 5.32 Å². The van der Waals surface area contributed by atoms with E-state index in [0.29, 0.717) is 27.4 Å². The summed E-state index contributed by atoms with van der Waals surface area (Å²) in [5.41, 5.74) is 1.88. The zero-order valence-corrected chi connectivity index (χ0v) is 17.5. The summed E-state index contributed by atoms with van der Waals surface area (Å²) in [6.07, 6.45) is 2.37. The van der Waals surface area contributed by atoms with Crippen LogP contribution in [0.2, 0.25) is 5.02 Å². The highest BCUT2D eigenvalue weighted by Crippen LogP contribution is 2.45. The van der Waals surface area contributed by atoms with E-state index >= 15 is 0 Å². The van der Waals surface area contributed by atoms with Crippen molar-refractivity contribution in [2.75, 3.05) is 5.32 Å². The van der Waals surface area contributed by atoms with Gasteiger partial charge in [0.2, 0.25) is 5.91 Å². The van der Waals surface area contributed by atoms with Gasteiger partial charge in [0.05, 0.1) is 28.6 Å². The molecule has 29 heavy (non-hydrogen) atoms. The van der Waals surface area contributed by atoms with E-state index in [1.165, 1.54) is 4.68 Å². The average Bonchev–Trinajstić information content (AvgIpc) is 3.32. The highest BCUT2D eigenvalue weighted by Gasteiger charge is 2.34. The second-order valence-corrected chi connectivity index (χ2v) is 8.15. The molecule has 1 amide bonds. The number of hydrogen-bond donors (Lipinski definition) is 1. The normalized spacial score (nSPS) is 13.8. The average molecular weight is 485 g/mol. The lowest BCUT2D eigenvalue weighted by molar-refractivity contribution is -0.117. The molecule has 4 rings (SSSR count). The number of alkyl halides is 2. The summed E-state index contributed by atoms with van der Waals surface area (Å²) in [7, 11) is 0. The molecule has 0 radical (unpaired) electrons. The Kier molecular flexibility index (Phi) is 5.69. The Morgan fingerprint density at radius 3 is 2.69 bits per heavy atom. The molecular formula is C19H17BrClF2N5O. The van der Waals surface area contributed by atoms with E-state index in [-0.39, 0.29) is 24.1 Å². The van der Waals surface area contributed by atoms with Gasteiger partial charge in [-0.1, -0.05) is 23.7 Å². The van der Waals surface area contributed by atoms with Crippen LogP contribution in [-0.4, -0.2) is 25.5 Å². The molecule has 3 aromatic rings. The van der Waals surface area contributed by atoms with E-state index in [0.717, 1.165) is 18.4 Å². The van der Waals surface area contributed by atoms with E-state index < -0.39 is 6.43 Å². The van der Waals surface area contributed by atoms with Gasteiger partial charge in [0.1, 0.15) is 12.2 Å². The number of hydrogen-bond acceptors (Lipinski definition) is 3. The number of anilines is 1. The first-order valence-electron chi connectivity index (χ1n) is 9.01. The summed E-state index contributed by atoms with van der Waals surface area (Å²) in [5, 5.41) is 11.6. The van der Waals surface area contributed by atoms with E-state index in [2.05, 4.69) is 31.4 Å². The van der Waals surface area contributed by atoms with Crippen molar-refractivity contribution in [3.8, 4) is 0 Å². The van der Waals surface area contributed by atoms with Gasteiger partial charge in [0, 0.05) is 17.1 Å². The molecule has 1 N–H and O–H groups in total. The van der Waals surface area contributed by atoms with E-state index in [1.54, 1.807) is 29.2 Å². The molecule has 0 spiro atoms. The molecule has 1 aliphatic rings. The van der Waals surface area contributed by atoms with Crippen LogP contribution >= 0.6 is 27.5 Å². The third kappa shape index (κ3) is 4.67. The summed E-state index contributed by atoms with van der Waals surface area (Å²) in [6.45, 7) is 0.391. The lowest BCUT2D eigenvalue weighted by Crippen LogP contribution is -2.20. The Morgan fingerprint density at radius 2 is 2.03 bits per heavy atom. The minimum atomic E-state index is -2.70. The van der Waals surface area contributed by atoms with Gasteiger partial charge in [-0.2, -0.15) is 10.2 Å². The summed E-state index contributed by atoms with van der Waals surface area (Å²) < 4.78 is 29.7. The zero-order valence-electron chi connectivity index (χ0n) is 15.2. The number of nitrogens with zero attached hydrogens (tertiary/aromatic N) is 4. The molecule has 0 aliphatic heterocycles. The maximum atomic E-state index is 13.2. The third-order valence-corrected chi connectivity index (χ3v) is 5.66. The van der Waals surface area contributed by atoms with Crippen LogP contribution in [0.3, 0.4) is 0 Å². The zero-order chi connectivity index (χ0) is 20.5. The molecule has 10 heteroatoms. The molecule has 2 heterocycles. The Morgan fingerprint density at radius 1 is 1.31 bits per heavy atom. The van der Waals surface area contributed by atoms with Gasteiger partial charge in [0.25, 0.3) is 6.43 Å². The molecule has 0 atom stereocenters. The fraction of sp³-hybridized carbons (Fsp3) is 0.316. The minimum absolute atomic E-state index is 0.139. The molecule has 1 saturated carbocycles. The van der Waals surface area contributed by atoms with Crippen molar-refractivity contribution in [1.82, 2.24) is 19.6 Å². The third-order valence-electron chi connectivity index (χ3n) is 4.60. The standard InChI is InChI=1S/C19H17BrClF2N5O/c20-16-17(19(22)23)26-28(18(16)12-3-4-12)10-15(29)25-14-7-24-27(9-14)8-11-1-5-13(21)6-2-11/h1-2,5-7,9,12,19H,3-4,8,10H2,(H,25,29). The fourth-order valence-electron chi connectivity index (χ4n) is 3.11. The number of carbonyl (C=O) groups excluding carboxylic acids is 1. The van der Waals surface area contributed by atoms with Crippen molar-refractivity contribution in [2.45, 2.75) is 38.3 Å². The molecule has 1 fully saturated rings. The van der Waals surface area contributed by atoms with Gasteiger partial charge in [0.15, 0.2) is 0 Å². The van der Waals surface area contributed by atoms with Gasteiger partial charge >= 0.3 is 0 Å². The van der Waals surface area contributed by atoms with Crippen LogP contribution in [0, 0.1) is 0 Å². The fourth-order valence-corrected chi connectivity index (χ4v) is 4.01. The Hall–Kier alpha value is -2.26. The lowest BCUT2D eigenvalue weighted by Gasteiger charge is -2.07. The Bertz CT molecular complexity index is 1030. The molecule has 0 unspecified atom stereocenters. The number of nitrogens with one attached hydrogen (secondary N) is 1. The van der Waals surface area contributed by atoms with Crippen LogP contribution in [0.1, 0.15) is 42.1 Å². The summed E-state index contributed by atoms with van der Waals surface area (Å²) >= 11 is 9.11. The van der Waals surface area contributed by atoms with Gasteiger partial charge in [-0.3, -0.25) is 14.2 Å². The van der Waals surface area contributed by atoms with Crippen molar-refractivity contribution in [2.24, 2.45) is 0 Å². The van der Waals surface area contributed by atoms with Crippen molar-refractivity contribution in [3.63, 3.8) is 0 Å². The maximum absolute atomic E-state index is 13.2. The monoisotopic (exact) mass is 483 g/mol. The molecule has 2 aromatic heterocycles. The molecule has 152 valence electrons. The predicted octanol–water partition coefficient (Wildman–Crippen LogP) is 5.00. The maximum Gasteiger partial charge on any atom is 0.283 e. The molecule has 1 aliphatic carbocycles. The van der Waals surface area contributed by atoms with Gasteiger partial charge in [-0.15, -0.1) is 0 Å². The van der Waals surface area contributed by atoms with Gasteiger partial charge in [-0.05, 0) is 46.5 Å². The smallest absolute Gasteiger partial charge is 0.283 e. The van der Waals surface area contributed by atoms with Crippen molar-refractivity contribution >= 4 is 39.1 Å². The van der Waals surface area contributed by atoms with Crippen LogP contribution in [0.5, 0.6) is 0 Å². The molecule has 6 nitrogen and oxygen atoms in total. The largest absolute Gasteiger partial charge is 0.322 e. The van der Waals surface area contributed by atoms with E-state index in [1.807, 2.05) is 12.1 Å². The highest BCUT2D eigenvalue weighted by atomic mass is 79.9. The van der Waals surface area contributed by atoms with Crippen molar-refractivity contribution in [1.29, 1.82) is 0 Å². The van der Waals surface area contributed by atoms with Crippen LogP contribution in [0.4, 0.5) is 14.5 Å². The summed E-state index contributed by atoms with van der Waals surface area (Å²) in [6, 6.07) is 7.41. The molecular weight excluding hydrogens is 468 g/mol. The first-order chi connectivity index (χ1) is 13.9. The number of halogens is 4. The van der Waals surface area contributed by atoms with Crippen LogP contribution < -0.4 is 5.32 Å². The first-order valence-corrected chi connectivity index (χ1v) is 10.2. The predicted molar refractivity (Wildman–Crippen MR) is 108 cm³/mol. The van der Waals surface area contributed by atoms with Crippen molar-refractivity contribution < 1.29 is 13.6 Å². The number of amides is 1. The minimum Gasteiger partial charge on any atom is -0.322 e. The summed E-state index contributed by atoms with van der Waals surface area (Å²) in [4.78, 5) is 12.4. The number of carbonyl (C=O) groups is 1. The van der Waals surface area contributed by atoms with Crippen LogP contribution in [0.25, 0.3) is 0 Å². The number of benzene rings is 1. The topological polar surface area (TPSA) is 64.7 Å². The number of rotatable bonds is 7. The van der Waals surface area contributed by atoms with Crippen molar-refractivity contribution in [3.05, 3.63) is 63.1 Å². The second-order valence-electron chi connectivity index (χ2n) is 6.92. The molecule has 1 aromatic carbocycles. The lowest BCUT2D eigenvalue weighted by atomic mass is 10.2. The van der Waals surface area contributed by atoms with Gasteiger partial charge in [-0.25, -0.2) is 8.78 Å².